The molecule has 0 spiro atoms. The molecule has 4 nitrogen and oxygen atoms in total. The van der Waals surface area contributed by atoms with Gasteiger partial charge in [0.1, 0.15) is 11.5 Å². The molecule has 0 N–H and O–H groups in total. The van der Waals surface area contributed by atoms with Gasteiger partial charge in [0.15, 0.2) is 0 Å². The van der Waals surface area contributed by atoms with E-state index in [0.29, 0.717) is 24.5 Å². The van der Waals surface area contributed by atoms with Crippen LogP contribution in [-0.2, 0) is 14.3 Å². The SMILES string of the molecule is CCOC(=O)C(Br)OC1=CCC(Cl)(Oc2ccccc2)C=C1. The van der Waals surface area contributed by atoms with Crippen molar-refractivity contribution in [2.45, 2.75) is 23.4 Å². The fourth-order valence-corrected chi connectivity index (χ4v) is 2.38. The summed E-state index contributed by atoms with van der Waals surface area (Å²) in [6.45, 7) is 2.04. The lowest BCUT2D eigenvalue weighted by Crippen LogP contribution is -2.28. The summed E-state index contributed by atoms with van der Waals surface area (Å²) in [4.78, 5) is 11.5. The minimum absolute atomic E-state index is 0.300. The molecular weight excluding hydrogens is 372 g/mol. The van der Waals surface area contributed by atoms with Crippen molar-refractivity contribution in [3.63, 3.8) is 0 Å². The molecule has 2 atom stereocenters. The molecule has 1 aromatic carbocycles. The second-order valence-corrected chi connectivity index (χ2v) is 6.00. The zero-order valence-electron chi connectivity index (χ0n) is 12.0. The van der Waals surface area contributed by atoms with Crippen LogP contribution in [0.2, 0.25) is 0 Å². The largest absolute Gasteiger partial charge is 0.468 e. The Morgan fingerprint density at radius 3 is 2.73 bits per heavy atom. The summed E-state index contributed by atoms with van der Waals surface area (Å²) in [5, 5.41) is -1.80. The molecule has 6 heteroatoms. The van der Waals surface area contributed by atoms with Crippen LogP contribution in [0.3, 0.4) is 0 Å². The van der Waals surface area contributed by atoms with Crippen LogP contribution in [0.15, 0.2) is 54.3 Å². The van der Waals surface area contributed by atoms with Crippen LogP contribution < -0.4 is 4.74 Å². The summed E-state index contributed by atoms with van der Waals surface area (Å²) >= 11 is 9.54. The maximum atomic E-state index is 11.5. The minimum Gasteiger partial charge on any atom is -0.468 e. The van der Waals surface area contributed by atoms with Crippen molar-refractivity contribution < 1.29 is 19.0 Å². The van der Waals surface area contributed by atoms with Crippen LogP contribution in [0.5, 0.6) is 5.75 Å². The highest BCUT2D eigenvalue weighted by molar-refractivity contribution is 9.09. The van der Waals surface area contributed by atoms with Gasteiger partial charge in [0.05, 0.1) is 6.61 Å². The average Bonchev–Trinajstić information content (AvgIpc) is 2.51. The van der Waals surface area contributed by atoms with Gasteiger partial charge in [0.2, 0.25) is 10.1 Å². The number of carbonyl (C=O) groups excluding carboxylic acids is 1. The number of hydrogen-bond acceptors (Lipinski definition) is 4. The normalized spacial score (nSPS) is 21.7. The van der Waals surface area contributed by atoms with E-state index in [1.54, 1.807) is 25.2 Å². The van der Waals surface area contributed by atoms with E-state index < -0.39 is 16.0 Å². The van der Waals surface area contributed by atoms with E-state index in [4.69, 9.17) is 25.8 Å². The number of halogens is 2. The van der Waals surface area contributed by atoms with Crippen molar-refractivity contribution in [3.8, 4) is 5.75 Å². The zero-order valence-corrected chi connectivity index (χ0v) is 14.3. The summed E-state index contributed by atoms with van der Waals surface area (Å²) in [6.07, 6.45) is 5.55. The second kappa shape index (κ2) is 7.70. The van der Waals surface area contributed by atoms with E-state index >= 15 is 0 Å². The lowest BCUT2D eigenvalue weighted by atomic mass is 10.1. The molecule has 0 heterocycles. The van der Waals surface area contributed by atoms with Gasteiger partial charge >= 0.3 is 5.97 Å². The molecule has 0 saturated carbocycles. The van der Waals surface area contributed by atoms with Gasteiger partial charge in [-0.3, -0.25) is 0 Å². The Kier molecular flexibility index (Phi) is 5.91. The molecule has 0 fully saturated rings. The molecule has 0 amide bonds. The molecule has 2 unspecified atom stereocenters. The molecule has 22 heavy (non-hydrogen) atoms. The average molecular weight is 388 g/mol. The highest BCUT2D eigenvalue weighted by Crippen LogP contribution is 2.32. The molecule has 0 saturated heterocycles. The van der Waals surface area contributed by atoms with Crippen molar-refractivity contribution in [1.82, 2.24) is 0 Å². The van der Waals surface area contributed by atoms with Crippen molar-refractivity contribution in [2.24, 2.45) is 0 Å². The summed E-state index contributed by atoms with van der Waals surface area (Å²) < 4.78 is 16.1. The third-order valence-electron chi connectivity index (χ3n) is 2.82. The number of para-hydroxylation sites is 1. The monoisotopic (exact) mass is 386 g/mol. The van der Waals surface area contributed by atoms with E-state index in [2.05, 4.69) is 15.9 Å². The molecule has 0 aliphatic heterocycles. The van der Waals surface area contributed by atoms with Gasteiger partial charge in [-0.2, -0.15) is 0 Å². The highest BCUT2D eigenvalue weighted by Gasteiger charge is 2.29. The maximum Gasteiger partial charge on any atom is 0.358 e. The number of benzene rings is 1. The first-order valence-corrected chi connectivity index (χ1v) is 8.11. The van der Waals surface area contributed by atoms with E-state index in [1.807, 2.05) is 30.3 Å². The number of esters is 1. The summed E-state index contributed by atoms with van der Waals surface area (Å²) in [6, 6.07) is 9.33. The van der Waals surface area contributed by atoms with Crippen molar-refractivity contribution in [2.75, 3.05) is 6.61 Å². The topological polar surface area (TPSA) is 44.8 Å². The number of ether oxygens (including phenoxy) is 3. The molecule has 1 aromatic rings. The minimum atomic E-state index is -0.958. The fraction of sp³-hybridized carbons (Fsp3) is 0.312. The van der Waals surface area contributed by atoms with Crippen LogP contribution in [0, 0.1) is 0 Å². The van der Waals surface area contributed by atoms with Gasteiger partial charge in [-0.05, 0) is 53.2 Å². The fourth-order valence-electron chi connectivity index (χ4n) is 1.81. The Hall–Kier alpha value is -1.46. The third kappa shape index (κ3) is 4.78. The van der Waals surface area contributed by atoms with Gasteiger partial charge in [-0.25, -0.2) is 4.79 Å². The lowest BCUT2D eigenvalue weighted by molar-refractivity contribution is -0.148. The summed E-state index contributed by atoms with van der Waals surface area (Å²) in [5.41, 5.74) is 0. The van der Waals surface area contributed by atoms with Gasteiger partial charge in [-0.1, -0.05) is 29.8 Å². The van der Waals surface area contributed by atoms with E-state index in [-0.39, 0.29) is 0 Å². The Labute approximate surface area is 142 Å². The Morgan fingerprint density at radius 1 is 1.41 bits per heavy atom. The number of hydrogen-bond donors (Lipinski definition) is 0. The number of rotatable bonds is 6. The smallest absolute Gasteiger partial charge is 0.358 e. The first-order valence-electron chi connectivity index (χ1n) is 6.82. The Morgan fingerprint density at radius 2 is 2.14 bits per heavy atom. The van der Waals surface area contributed by atoms with Gasteiger partial charge < -0.3 is 14.2 Å². The lowest BCUT2D eigenvalue weighted by Gasteiger charge is -2.27. The van der Waals surface area contributed by atoms with E-state index in [9.17, 15) is 4.79 Å². The van der Waals surface area contributed by atoms with Crippen LogP contribution in [0.25, 0.3) is 0 Å². The molecule has 1 aliphatic carbocycles. The Balaban J connectivity index is 1.92. The summed E-state index contributed by atoms with van der Waals surface area (Å²) in [7, 11) is 0. The zero-order chi connectivity index (χ0) is 16.0. The van der Waals surface area contributed by atoms with Crippen LogP contribution >= 0.6 is 27.5 Å². The standard InChI is InChI=1S/C16H16BrClO4/c1-2-20-15(19)14(17)21-12-8-10-16(18,11-9-12)22-13-6-4-3-5-7-13/h3-10,14H,2,11H2,1H3. The number of alkyl halides is 2. The molecule has 2 rings (SSSR count). The molecular formula is C16H16BrClO4. The summed E-state index contributed by atoms with van der Waals surface area (Å²) in [5.74, 6) is 0.743. The predicted octanol–water partition coefficient (Wildman–Crippen LogP) is 4.15. The Bertz CT molecular complexity index is 573. The van der Waals surface area contributed by atoms with Gasteiger partial charge in [0, 0.05) is 6.42 Å². The second-order valence-electron chi connectivity index (χ2n) is 4.53. The molecule has 0 bridgehead atoms. The highest BCUT2D eigenvalue weighted by atomic mass is 79.9. The molecule has 118 valence electrons. The quantitative estimate of drug-likeness (QED) is 0.543. The van der Waals surface area contributed by atoms with Crippen LogP contribution in [0.4, 0.5) is 0 Å². The first-order chi connectivity index (χ1) is 10.5. The van der Waals surface area contributed by atoms with Crippen molar-refractivity contribution in [1.29, 1.82) is 0 Å². The molecule has 1 aliphatic rings. The molecule has 0 radical (unpaired) electrons. The van der Waals surface area contributed by atoms with Gasteiger partial charge in [-0.15, -0.1) is 0 Å². The molecule has 0 aromatic heterocycles. The van der Waals surface area contributed by atoms with E-state index in [0.717, 1.165) is 0 Å². The first kappa shape index (κ1) is 16.9. The van der Waals surface area contributed by atoms with E-state index in [1.165, 1.54) is 0 Å². The van der Waals surface area contributed by atoms with Crippen molar-refractivity contribution >= 4 is 33.5 Å². The number of allylic oxidation sites excluding steroid dienone is 1. The van der Waals surface area contributed by atoms with Crippen molar-refractivity contribution in [3.05, 3.63) is 54.3 Å². The predicted molar refractivity (Wildman–Crippen MR) is 87.9 cm³/mol. The van der Waals surface area contributed by atoms with Gasteiger partial charge in [0.25, 0.3) is 0 Å². The van der Waals surface area contributed by atoms with Crippen LogP contribution in [0.1, 0.15) is 13.3 Å². The maximum absolute atomic E-state index is 11.5. The number of carbonyl (C=O) groups is 1. The van der Waals surface area contributed by atoms with Crippen LogP contribution in [-0.4, -0.2) is 22.6 Å². The third-order valence-corrected chi connectivity index (χ3v) is 3.74.